The molecule has 1 aromatic heterocycles. The smallest absolute Gasteiger partial charge is 0.287 e. The van der Waals surface area contributed by atoms with E-state index in [1.807, 2.05) is 0 Å². The van der Waals surface area contributed by atoms with Gasteiger partial charge in [-0.25, -0.2) is 0 Å². The highest BCUT2D eigenvalue weighted by Gasteiger charge is 2.23. The van der Waals surface area contributed by atoms with Gasteiger partial charge >= 0.3 is 0 Å². The number of carbonyl (C=O) groups excluding carboxylic acids is 1. The molecule has 2 rings (SSSR count). The van der Waals surface area contributed by atoms with Crippen molar-refractivity contribution in [2.45, 2.75) is 24.6 Å². The standard InChI is InChI=1S/C11H13Cl2NO2/c12-8-2-1-7(5-8)6-14-11(15)9-3-4-10(13)16-9/h3-4,7-8H,1-2,5-6H2,(H,14,15). The van der Waals surface area contributed by atoms with Crippen LogP contribution in [-0.2, 0) is 0 Å². The predicted octanol–water partition coefficient (Wildman–Crippen LogP) is 3.07. The van der Waals surface area contributed by atoms with Gasteiger partial charge < -0.3 is 9.73 Å². The summed E-state index contributed by atoms with van der Waals surface area (Å²) in [7, 11) is 0. The molecule has 88 valence electrons. The molecule has 1 fully saturated rings. The number of furan rings is 1. The maximum Gasteiger partial charge on any atom is 0.287 e. The third kappa shape index (κ3) is 2.92. The quantitative estimate of drug-likeness (QED) is 0.850. The highest BCUT2D eigenvalue weighted by atomic mass is 35.5. The normalized spacial score (nSPS) is 24.6. The lowest BCUT2D eigenvalue weighted by Crippen LogP contribution is -2.28. The molecule has 0 aliphatic heterocycles. The molecule has 1 aliphatic rings. The number of carbonyl (C=O) groups is 1. The third-order valence-electron chi connectivity index (χ3n) is 2.83. The van der Waals surface area contributed by atoms with Gasteiger partial charge in [0.25, 0.3) is 5.91 Å². The van der Waals surface area contributed by atoms with Crippen LogP contribution in [0.1, 0.15) is 29.8 Å². The zero-order valence-corrected chi connectivity index (χ0v) is 10.2. The van der Waals surface area contributed by atoms with E-state index in [2.05, 4.69) is 5.32 Å². The molecule has 0 radical (unpaired) electrons. The summed E-state index contributed by atoms with van der Waals surface area (Å²) in [5, 5.41) is 3.32. The van der Waals surface area contributed by atoms with Crippen molar-refractivity contribution in [2.24, 2.45) is 5.92 Å². The van der Waals surface area contributed by atoms with E-state index in [9.17, 15) is 4.79 Å². The predicted molar refractivity (Wildman–Crippen MR) is 63.0 cm³/mol. The van der Waals surface area contributed by atoms with Crippen LogP contribution in [0.15, 0.2) is 16.5 Å². The molecule has 1 aliphatic carbocycles. The fourth-order valence-electron chi connectivity index (χ4n) is 1.96. The van der Waals surface area contributed by atoms with Crippen molar-refractivity contribution in [3.05, 3.63) is 23.1 Å². The fraction of sp³-hybridized carbons (Fsp3) is 0.545. The van der Waals surface area contributed by atoms with Gasteiger partial charge in [0.2, 0.25) is 0 Å². The molecule has 2 atom stereocenters. The third-order valence-corrected chi connectivity index (χ3v) is 3.43. The largest absolute Gasteiger partial charge is 0.440 e. The van der Waals surface area contributed by atoms with Gasteiger partial charge in [0.05, 0.1) is 0 Å². The van der Waals surface area contributed by atoms with Gasteiger partial charge in [0.1, 0.15) is 0 Å². The van der Waals surface area contributed by atoms with E-state index in [0.717, 1.165) is 19.3 Å². The Hall–Kier alpha value is -0.670. The Balaban J connectivity index is 1.80. The first-order valence-corrected chi connectivity index (χ1v) is 6.14. The van der Waals surface area contributed by atoms with Gasteiger partial charge in [-0.3, -0.25) is 4.79 Å². The number of alkyl halides is 1. The summed E-state index contributed by atoms with van der Waals surface area (Å²) in [6.45, 7) is 0.653. The molecule has 0 aromatic carbocycles. The molecule has 2 unspecified atom stereocenters. The van der Waals surface area contributed by atoms with Crippen LogP contribution in [-0.4, -0.2) is 17.8 Å². The van der Waals surface area contributed by atoms with Crippen LogP contribution >= 0.6 is 23.2 Å². The van der Waals surface area contributed by atoms with Crippen molar-refractivity contribution < 1.29 is 9.21 Å². The maximum atomic E-state index is 11.6. The SMILES string of the molecule is O=C(NCC1CCC(Cl)C1)c1ccc(Cl)o1. The molecule has 3 nitrogen and oxygen atoms in total. The Morgan fingerprint density at radius 2 is 2.31 bits per heavy atom. The van der Waals surface area contributed by atoms with E-state index >= 15 is 0 Å². The second-order valence-corrected chi connectivity index (χ2v) is 5.08. The Labute approximate surface area is 104 Å². The molecular formula is C11H13Cl2NO2. The molecular weight excluding hydrogens is 249 g/mol. The average molecular weight is 262 g/mol. The molecule has 0 spiro atoms. The zero-order chi connectivity index (χ0) is 11.5. The zero-order valence-electron chi connectivity index (χ0n) is 8.71. The lowest BCUT2D eigenvalue weighted by Gasteiger charge is -2.09. The Bertz CT molecular complexity index is 378. The van der Waals surface area contributed by atoms with Crippen LogP contribution < -0.4 is 5.32 Å². The summed E-state index contributed by atoms with van der Waals surface area (Å²) in [5.74, 6) is 0.521. The minimum atomic E-state index is -0.218. The van der Waals surface area contributed by atoms with Gasteiger partial charge in [-0.05, 0) is 48.9 Å². The summed E-state index contributed by atoms with van der Waals surface area (Å²) in [6, 6.07) is 3.12. The first-order chi connectivity index (χ1) is 7.65. The number of nitrogens with one attached hydrogen (secondary N) is 1. The number of hydrogen-bond acceptors (Lipinski definition) is 2. The number of hydrogen-bond donors (Lipinski definition) is 1. The van der Waals surface area contributed by atoms with Crippen molar-refractivity contribution >= 4 is 29.1 Å². The summed E-state index contributed by atoms with van der Waals surface area (Å²) in [5.41, 5.74) is 0. The van der Waals surface area contributed by atoms with Crippen LogP contribution in [0.4, 0.5) is 0 Å². The van der Waals surface area contributed by atoms with Crippen molar-refractivity contribution in [2.75, 3.05) is 6.54 Å². The van der Waals surface area contributed by atoms with Crippen LogP contribution in [0.5, 0.6) is 0 Å². The van der Waals surface area contributed by atoms with Crippen LogP contribution in [0.2, 0.25) is 5.22 Å². The summed E-state index contributed by atoms with van der Waals surface area (Å²) >= 11 is 11.6. The first-order valence-electron chi connectivity index (χ1n) is 5.33. The van der Waals surface area contributed by atoms with Gasteiger partial charge in [0, 0.05) is 11.9 Å². The number of amides is 1. The second-order valence-electron chi connectivity index (χ2n) is 4.09. The average Bonchev–Trinajstić information content (AvgIpc) is 2.84. The van der Waals surface area contributed by atoms with E-state index in [1.54, 1.807) is 12.1 Å². The Morgan fingerprint density at radius 1 is 1.50 bits per heavy atom. The van der Waals surface area contributed by atoms with Crippen LogP contribution in [0.25, 0.3) is 0 Å². The van der Waals surface area contributed by atoms with Crippen molar-refractivity contribution in [1.29, 1.82) is 0 Å². The lowest BCUT2D eigenvalue weighted by molar-refractivity contribution is 0.0919. The van der Waals surface area contributed by atoms with E-state index in [0.29, 0.717) is 12.5 Å². The minimum absolute atomic E-state index is 0.218. The second kappa shape index (κ2) is 5.11. The summed E-state index contributed by atoms with van der Waals surface area (Å²) in [6.07, 6.45) is 3.09. The van der Waals surface area contributed by atoms with Crippen molar-refractivity contribution in [1.82, 2.24) is 5.32 Å². The molecule has 1 saturated carbocycles. The van der Waals surface area contributed by atoms with Crippen LogP contribution in [0, 0.1) is 5.92 Å². The highest BCUT2D eigenvalue weighted by Crippen LogP contribution is 2.28. The highest BCUT2D eigenvalue weighted by molar-refractivity contribution is 6.29. The van der Waals surface area contributed by atoms with Gasteiger partial charge in [-0.15, -0.1) is 11.6 Å². The molecule has 1 aromatic rings. The van der Waals surface area contributed by atoms with E-state index in [4.69, 9.17) is 27.6 Å². The lowest BCUT2D eigenvalue weighted by atomic mass is 10.1. The van der Waals surface area contributed by atoms with Crippen molar-refractivity contribution in [3.63, 3.8) is 0 Å². The van der Waals surface area contributed by atoms with E-state index in [1.165, 1.54) is 0 Å². The molecule has 1 N–H and O–H groups in total. The Morgan fingerprint density at radius 3 is 2.88 bits per heavy atom. The molecule has 0 bridgehead atoms. The Kier molecular flexibility index (Phi) is 3.77. The topological polar surface area (TPSA) is 42.2 Å². The molecule has 1 heterocycles. The van der Waals surface area contributed by atoms with Gasteiger partial charge in [-0.2, -0.15) is 0 Å². The van der Waals surface area contributed by atoms with E-state index < -0.39 is 0 Å². The first kappa shape index (κ1) is 11.8. The molecule has 5 heteroatoms. The van der Waals surface area contributed by atoms with Gasteiger partial charge in [-0.1, -0.05) is 0 Å². The minimum Gasteiger partial charge on any atom is -0.440 e. The fourth-order valence-corrected chi connectivity index (χ4v) is 2.48. The molecule has 0 saturated heterocycles. The molecule has 16 heavy (non-hydrogen) atoms. The van der Waals surface area contributed by atoms with Gasteiger partial charge in [0.15, 0.2) is 11.0 Å². The number of halogens is 2. The molecule has 1 amide bonds. The monoisotopic (exact) mass is 261 g/mol. The number of rotatable bonds is 3. The van der Waals surface area contributed by atoms with E-state index in [-0.39, 0.29) is 22.3 Å². The summed E-state index contributed by atoms with van der Waals surface area (Å²) < 4.78 is 5.01. The summed E-state index contributed by atoms with van der Waals surface area (Å²) in [4.78, 5) is 11.6. The van der Waals surface area contributed by atoms with Crippen molar-refractivity contribution in [3.8, 4) is 0 Å². The maximum absolute atomic E-state index is 11.6. The van der Waals surface area contributed by atoms with Crippen LogP contribution in [0.3, 0.4) is 0 Å².